The van der Waals surface area contributed by atoms with Crippen LogP contribution in [0.15, 0.2) is 65.8 Å². The number of hydrogen-bond acceptors (Lipinski definition) is 5. The molecule has 3 aromatic rings. The highest BCUT2D eigenvalue weighted by Crippen LogP contribution is 2.29. The first-order valence-electron chi connectivity index (χ1n) is 9.79. The lowest BCUT2D eigenvalue weighted by molar-refractivity contribution is -0.136. The minimum Gasteiger partial charge on any atom is -0.482 e. The molecule has 180 valence electrons. The third kappa shape index (κ3) is 7.60. The molecule has 0 aliphatic rings. The summed E-state index contributed by atoms with van der Waals surface area (Å²) in [6.07, 6.45) is 1.28. The average molecular weight is 554 g/mol. The van der Waals surface area contributed by atoms with E-state index in [0.29, 0.717) is 16.3 Å². The third-order valence-electron chi connectivity index (χ3n) is 4.25. The van der Waals surface area contributed by atoms with E-state index < -0.39 is 17.7 Å². The Kier molecular flexibility index (Phi) is 9.33. The lowest BCUT2D eigenvalue weighted by Crippen LogP contribution is -2.32. The Labute approximate surface area is 220 Å². The number of carbonyl (C=O) groups is 3. The maximum Gasteiger partial charge on any atom is 0.329 e. The number of ether oxygens (including phenoxy) is 1. The first-order valence-corrected chi connectivity index (χ1v) is 11.3. The summed E-state index contributed by atoms with van der Waals surface area (Å²) >= 11 is 24.1. The fourth-order valence-electron chi connectivity index (χ4n) is 2.60. The van der Waals surface area contributed by atoms with Gasteiger partial charge in [0.1, 0.15) is 5.75 Å². The van der Waals surface area contributed by atoms with Crippen LogP contribution in [-0.4, -0.2) is 30.5 Å². The lowest BCUT2D eigenvalue weighted by Gasteiger charge is -2.10. The predicted molar refractivity (Wildman–Crippen MR) is 138 cm³/mol. The summed E-state index contributed by atoms with van der Waals surface area (Å²) in [6.45, 7) is -0.291. The predicted octanol–water partition coefficient (Wildman–Crippen LogP) is 5.41. The van der Waals surface area contributed by atoms with Crippen LogP contribution in [0.3, 0.4) is 0 Å². The van der Waals surface area contributed by atoms with E-state index in [1.807, 2.05) is 0 Å². The summed E-state index contributed by atoms with van der Waals surface area (Å²) in [4.78, 5) is 36.0. The van der Waals surface area contributed by atoms with Gasteiger partial charge in [-0.2, -0.15) is 5.10 Å². The van der Waals surface area contributed by atoms with Gasteiger partial charge in [0.25, 0.3) is 5.91 Å². The molecular formula is C23H16Cl4N4O4. The zero-order valence-corrected chi connectivity index (χ0v) is 20.7. The molecule has 0 heterocycles. The van der Waals surface area contributed by atoms with Gasteiger partial charge in [-0.1, -0.05) is 64.6 Å². The molecule has 3 rings (SSSR count). The fourth-order valence-corrected chi connectivity index (χ4v) is 3.38. The molecule has 0 bridgehead atoms. The zero-order chi connectivity index (χ0) is 25.4. The molecule has 0 saturated carbocycles. The van der Waals surface area contributed by atoms with Crippen LogP contribution in [0.1, 0.15) is 5.56 Å². The molecule has 3 aromatic carbocycles. The molecule has 0 saturated heterocycles. The Hall–Kier alpha value is -3.30. The van der Waals surface area contributed by atoms with Crippen molar-refractivity contribution >= 4 is 81.7 Å². The standard InChI is InChI=1S/C23H16Cl4N4O4/c24-14-4-1-2-6-17(14)29-20(32)12-35-19-9-8-13(10-16(19)26)11-28-31-23(34)22(33)30-18-7-3-5-15(25)21(18)27/h1-11H,12H2,(H,29,32)(H,30,33)(H,31,34)/b28-11-. The van der Waals surface area contributed by atoms with Crippen LogP contribution >= 0.6 is 46.4 Å². The molecule has 0 spiro atoms. The number of nitrogens with zero attached hydrogens (tertiary/aromatic N) is 1. The van der Waals surface area contributed by atoms with Crippen molar-refractivity contribution in [3.05, 3.63) is 86.3 Å². The lowest BCUT2D eigenvalue weighted by atomic mass is 10.2. The molecule has 3 N–H and O–H groups in total. The summed E-state index contributed by atoms with van der Waals surface area (Å²) in [5, 5.41) is 9.64. The van der Waals surface area contributed by atoms with E-state index in [9.17, 15) is 14.4 Å². The van der Waals surface area contributed by atoms with Gasteiger partial charge in [-0.15, -0.1) is 0 Å². The Bertz CT molecular complexity index is 1300. The number of anilines is 2. The van der Waals surface area contributed by atoms with Crippen molar-refractivity contribution in [2.24, 2.45) is 5.10 Å². The molecular weight excluding hydrogens is 538 g/mol. The average Bonchev–Trinajstić information content (AvgIpc) is 2.83. The molecule has 0 aliphatic carbocycles. The van der Waals surface area contributed by atoms with E-state index >= 15 is 0 Å². The number of nitrogens with one attached hydrogen (secondary N) is 3. The van der Waals surface area contributed by atoms with Crippen LogP contribution in [0.25, 0.3) is 0 Å². The molecule has 0 aromatic heterocycles. The van der Waals surface area contributed by atoms with Gasteiger partial charge < -0.3 is 15.4 Å². The first-order chi connectivity index (χ1) is 16.7. The number of carbonyl (C=O) groups excluding carboxylic acids is 3. The summed E-state index contributed by atoms with van der Waals surface area (Å²) in [5.74, 6) is -2.16. The molecule has 0 aliphatic heterocycles. The first kappa shape index (κ1) is 26.3. The highest BCUT2D eigenvalue weighted by atomic mass is 35.5. The molecule has 0 fully saturated rings. The van der Waals surface area contributed by atoms with E-state index in [1.165, 1.54) is 24.4 Å². The van der Waals surface area contributed by atoms with Gasteiger partial charge in [0.2, 0.25) is 0 Å². The third-order valence-corrected chi connectivity index (χ3v) is 5.69. The Balaban J connectivity index is 1.50. The SMILES string of the molecule is O=C(COc1ccc(/C=N\NC(=O)C(=O)Nc2cccc(Cl)c2Cl)cc1Cl)Nc1ccccc1Cl. The van der Waals surface area contributed by atoms with E-state index in [2.05, 4.69) is 21.2 Å². The van der Waals surface area contributed by atoms with Gasteiger partial charge in [0, 0.05) is 0 Å². The smallest absolute Gasteiger partial charge is 0.329 e. The Morgan fingerprint density at radius 1 is 0.800 bits per heavy atom. The topological polar surface area (TPSA) is 109 Å². The van der Waals surface area contributed by atoms with E-state index in [1.54, 1.807) is 42.5 Å². The summed E-state index contributed by atoms with van der Waals surface area (Å²) < 4.78 is 5.44. The van der Waals surface area contributed by atoms with Crippen molar-refractivity contribution < 1.29 is 19.1 Å². The normalized spacial score (nSPS) is 10.6. The Morgan fingerprint density at radius 3 is 2.26 bits per heavy atom. The van der Waals surface area contributed by atoms with Crippen molar-refractivity contribution in [2.75, 3.05) is 17.2 Å². The van der Waals surface area contributed by atoms with Crippen molar-refractivity contribution in [2.45, 2.75) is 0 Å². The number of halogens is 4. The van der Waals surface area contributed by atoms with E-state index in [4.69, 9.17) is 51.1 Å². The van der Waals surface area contributed by atoms with Gasteiger partial charge in [-0.05, 0) is 48.0 Å². The molecule has 0 radical (unpaired) electrons. The van der Waals surface area contributed by atoms with Crippen molar-refractivity contribution in [1.29, 1.82) is 0 Å². The van der Waals surface area contributed by atoms with Crippen molar-refractivity contribution in [3.8, 4) is 5.75 Å². The second-order valence-electron chi connectivity index (χ2n) is 6.76. The molecule has 8 nitrogen and oxygen atoms in total. The fraction of sp³-hybridized carbons (Fsp3) is 0.0435. The van der Waals surface area contributed by atoms with Crippen LogP contribution in [-0.2, 0) is 14.4 Å². The van der Waals surface area contributed by atoms with Crippen LogP contribution in [0.5, 0.6) is 5.75 Å². The van der Waals surface area contributed by atoms with Gasteiger partial charge in [0.15, 0.2) is 6.61 Å². The minimum absolute atomic E-state index is 0.108. The van der Waals surface area contributed by atoms with Crippen molar-refractivity contribution in [3.63, 3.8) is 0 Å². The maximum atomic E-state index is 12.1. The monoisotopic (exact) mass is 552 g/mol. The largest absolute Gasteiger partial charge is 0.482 e. The molecule has 35 heavy (non-hydrogen) atoms. The van der Waals surface area contributed by atoms with Gasteiger partial charge >= 0.3 is 11.8 Å². The quantitative estimate of drug-likeness (QED) is 0.206. The zero-order valence-electron chi connectivity index (χ0n) is 17.7. The number of benzene rings is 3. The molecule has 12 heteroatoms. The van der Waals surface area contributed by atoms with Gasteiger partial charge in [-0.3, -0.25) is 14.4 Å². The number of amides is 3. The van der Waals surface area contributed by atoms with E-state index in [0.717, 1.165) is 0 Å². The summed E-state index contributed by atoms with van der Waals surface area (Å²) in [6, 6.07) is 16.0. The van der Waals surface area contributed by atoms with Gasteiger partial charge in [0.05, 0.1) is 37.7 Å². The van der Waals surface area contributed by atoms with E-state index in [-0.39, 0.29) is 33.1 Å². The maximum absolute atomic E-state index is 12.1. The number of hydrogen-bond donors (Lipinski definition) is 3. The second kappa shape index (κ2) is 12.4. The number of hydrazone groups is 1. The molecule has 3 amide bonds. The minimum atomic E-state index is -1.02. The van der Waals surface area contributed by atoms with Crippen molar-refractivity contribution in [1.82, 2.24) is 5.43 Å². The van der Waals surface area contributed by atoms with Crippen LogP contribution < -0.4 is 20.8 Å². The molecule has 0 unspecified atom stereocenters. The highest BCUT2D eigenvalue weighted by molar-refractivity contribution is 6.45. The number of rotatable bonds is 7. The number of para-hydroxylation sites is 1. The van der Waals surface area contributed by atoms with Gasteiger partial charge in [-0.25, -0.2) is 5.43 Å². The summed E-state index contributed by atoms with van der Waals surface area (Å²) in [5.41, 5.74) is 3.24. The highest BCUT2D eigenvalue weighted by Gasteiger charge is 2.15. The molecule has 0 atom stereocenters. The van der Waals surface area contributed by atoms with Crippen LogP contribution in [0.4, 0.5) is 11.4 Å². The van der Waals surface area contributed by atoms with Crippen LogP contribution in [0.2, 0.25) is 20.1 Å². The summed E-state index contributed by atoms with van der Waals surface area (Å²) in [7, 11) is 0. The Morgan fingerprint density at radius 2 is 1.51 bits per heavy atom. The second-order valence-corrected chi connectivity index (χ2v) is 8.36. The van der Waals surface area contributed by atoms with Crippen LogP contribution in [0, 0.1) is 0 Å².